The molecule has 14 nitrogen and oxygen atoms in total. The summed E-state index contributed by atoms with van der Waals surface area (Å²) < 4.78 is 78.6. The Kier molecular flexibility index (Phi) is 79.3. The lowest BCUT2D eigenvalue weighted by Gasteiger charge is -2.09. The number of hydrogen-bond donors (Lipinski definition) is 0. The van der Waals surface area contributed by atoms with Crippen LogP contribution in [0.2, 0.25) is 0 Å². The van der Waals surface area contributed by atoms with Gasteiger partial charge in [-0.15, -0.1) is 0 Å². The molecule has 0 aromatic carbocycles. The van der Waals surface area contributed by atoms with E-state index in [-0.39, 0.29) is 0 Å². The van der Waals surface area contributed by atoms with E-state index < -0.39 is 0 Å². The van der Waals surface area contributed by atoms with Crippen LogP contribution in [-0.2, 0) is 66.3 Å². The lowest BCUT2D eigenvalue weighted by atomic mass is 10.0. The van der Waals surface area contributed by atoms with Crippen LogP contribution in [0.3, 0.4) is 0 Å². The zero-order valence-corrected chi connectivity index (χ0v) is 54.0. The minimum atomic E-state index is 0.537. The maximum atomic E-state index is 5.72. The molecule has 0 bridgehead atoms. The lowest BCUT2D eigenvalue weighted by Crippen LogP contribution is -2.14. The van der Waals surface area contributed by atoms with E-state index in [2.05, 4.69) is 13.8 Å². The van der Waals surface area contributed by atoms with Gasteiger partial charge in [0.2, 0.25) is 0 Å². The normalized spacial score (nSPS) is 11.8. The molecule has 0 aliphatic carbocycles. The van der Waals surface area contributed by atoms with E-state index in [1.807, 2.05) is 0 Å². The van der Waals surface area contributed by atoms with Gasteiger partial charge in [0.05, 0.1) is 172 Å². The average Bonchev–Trinajstić information content (AvgIpc) is 3.47. The minimum Gasteiger partial charge on any atom is -0.379 e. The van der Waals surface area contributed by atoms with Gasteiger partial charge in [-0.2, -0.15) is 0 Å². The molecule has 0 N–H and O–H groups in total. The number of ether oxygens (including phenoxy) is 14. The van der Waals surface area contributed by atoms with Crippen LogP contribution in [0, 0.1) is 0 Å². The summed E-state index contributed by atoms with van der Waals surface area (Å²) in [6.45, 7) is 21.2. The third-order valence-corrected chi connectivity index (χ3v) is 15.8. The number of hydrogen-bond acceptors (Lipinski definition) is 16. The third-order valence-electron chi connectivity index (χ3n) is 13.5. The molecule has 0 aromatic heterocycles. The Morgan fingerprint density at radius 3 is 0.425 bits per heavy atom. The van der Waals surface area contributed by atoms with Crippen molar-refractivity contribution >= 4 is 21.6 Å². The molecule has 0 aliphatic heterocycles. The van der Waals surface area contributed by atoms with Crippen LogP contribution < -0.4 is 0 Å². The van der Waals surface area contributed by atoms with Gasteiger partial charge in [0, 0.05) is 24.7 Å². The molecule has 0 saturated heterocycles. The Balaban J connectivity index is 3.08. The van der Waals surface area contributed by atoms with Crippen molar-refractivity contribution in [3.8, 4) is 0 Å². The Morgan fingerprint density at radius 1 is 0.138 bits per heavy atom. The second kappa shape index (κ2) is 79.1. The Morgan fingerprint density at radius 2 is 0.263 bits per heavy atom. The molecular weight excluding hydrogens is 1060 g/mol. The standard InChI is InChI=1S/C64H130O14S2/c1-3-5-7-9-11-13-15-17-19-21-23-25-27-29-31-33-35-65-37-39-67-41-43-69-45-47-71-49-51-73-53-55-75-57-59-77-61-63-79-80-64-62-78-60-58-76-56-54-74-52-50-72-48-46-70-44-42-68-40-38-66-36-34-32-30-28-26-24-22-20-18-16-14-12-10-8-6-4-2/h3-64H2,1-2H3. The SMILES string of the molecule is CCCCCCCCCCCCCCCCCCOCCOCCOCCOCCOCCOCCOCCSSCCOCCOCCOCCOCCOCCOCCOCCCCCCCCCCCCCCCCCC. The fourth-order valence-electron chi connectivity index (χ4n) is 8.65. The van der Waals surface area contributed by atoms with Gasteiger partial charge in [-0.1, -0.05) is 228 Å². The van der Waals surface area contributed by atoms with Gasteiger partial charge in [0.25, 0.3) is 0 Å². The van der Waals surface area contributed by atoms with Crippen molar-refractivity contribution in [3.63, 3.8) is 0 Å². The first-order valence-electron chi connectivity index (χ1n) is 33.2. The van der Waals surface area contributed by atoms with Gasteiger partial charge in [-0.25, -0.2) is 0 Å². The highest BCUT2D eigenvalue weighted by molar-refractivity contribution is 8.76. The molecule has 0 saturated carbocycles. The molecule has 482 valence electrons. The molecule has 0 unspecified atom stereocenters. The van der Waals surface area contributed by atoms with Crippen LogP contribution in [0.5, 0.6) is 0 Å². The summed E-state index contributed by atoms with van der Waals surface area (Å²) in [6.07, 6.45) is 44.4. The van der Waals surface area contributed by atoms with E-state index in [1.54, 1.807) is 21.6 Å². The molecule has 0 atom stereocenters. The predicted molar refractivity (Wildman–Crippen MR) is 335 cm³/mol. The van der Waals surface area contributed by atoms with Gasteiger partial charge in [-0.05, 0) is 12.8 Å². The van der Waals surface area contributed by atoms with Crippen molar-refractivity contribution in [2.45, 2.75) is 219 Å². The quantitative estimate of drug-likeness (QED) is 0.0423. The zero-order valence-electron chi connectivity index (χ0n) is 52.4. The molecule has 80 heavy (non-hydrogen) atoms. The third kappa shape index (κ3) is 78.1. The summed E-state index contributed by atoms with van der Waals surface area (Å²) in [5, 5.41) is 0. The molecule has 16 heteroatoms. The highest BCUT2D eigenvalue weighted by Crippen LogP contribution is 2.20. The zero-order chi connectivity index (χ0) is 57.2. The Labute approximate surface area is 501 Å². The Hall–Kier alpha value is 0.140. The summed E-state index contributed by atoms with van der Waals surface area (Å²) in [4.78, 5) is 0. The van der Waals surface area contributed by atoms with Gasteiger partial charge in [0.1, 0.15) is 0 Å². The largest absolute Gasteiger partial charge is 0.379 e. The molecular formula is C64H130O14S2. The van der Waals surface area contributed by atoms with Gasteiger partial charge >= 0.3 is 0 Å². The summed E-state index contributed by atoms with van der Waals surface area (Å²) in [5.74, 6) is 1.85. The molecule has 0 rings (SSSR count). The maximum absolute atomic E-state index is 5.72. The van der Waals surface area contributed by atoms with Crippen molar-refractivity contribution in [2.75, 3.05) is 196 Å². The Bertz CT molecular complexity index is 969. The highest BCUT2D eigenvalue weighted by atomic mass is 33.1. The second-order valence-corrected chi connectivity index (χ2v) is 23.5. The highest BCUT2D eigenvalue weighted by Gasteiger charge is 2.01. The lowest BCUT2D eigenvalue weighted by molar-refractivity contribution is -0.0201. The van der Waals surface area contributed by atoms with Crippen molar-refractivity contribution in [1.29, 1.82) is 0 Å². The monoisotopic (exact) mass is 1190 g/mol. The summed E-state index contributed by atoms with van der Waals surface area (Å²) in [7, 11) is 3.59. The van der Waals surface area contributed by atoms with Crippen molar-refractivity contribution in [2.24, 2.45) is 0 Å². The van der Waals surface area contributed by atoms with E-state index >= 15 is 0 Å². The molecule has 0 aromatic rings. The average molecular weight is 1190 g/mol. The van der Waals surface area contributed by atoms with Crippen LogP contribution in [0.15, 0.2) is 0 Å². The van der Waals surface area contributed by atoms with Gasteiger partial charge in [-0.3, -0.25) is 0 Å². The van der Waals surface area contributed by atoms with Gasteiger partial charge in [0.15, 0.2) is 0 Å². The number of rotatable bonds is 77. The van der Waals surface area contributed by atoms with E-state index in [0.29, 0.717) is 172 Å². The minimum absolute atomic E-state index is 0.537. The van der Waals surface area contributed by atoms with E-state index in [1.165, 1.54) is 193 Å². The molecule has 0 radical (unpaired) electrons. The fraction of sp³-hybridized carbons (Fsp3) is 1.00. The van der Waals surface area contributed by atoms with Crippen LogP contribution in [0.4, 0.5) is 0 Å². The van der Waals surface area contributed by atoms with Crippen molar-refractivity contribution in [3.05, 3.63) is 0 Å². The van der Waals surface area contributed by atoms with E-state index in [9.17, 15) is 0 Å². The van der Waals surface area contributed by atoms with Crippen molar-refractivity contribution < 1.29 is 66.3 Å². The summed E-state index contributed by atoms with van der Waals surface area (Å²) in [5.41, 5.74) is 0. The first-order valence-corrected chi connectivity index (χ1v) is 35.7. The first kappa shape index (κ1) is 80.1. The van der Waals surface area contributed by atoms with Crippen LogP contribution in [0.1, 0.15) is 219 Å². The molecule has 0 fully saturated rings. The molecule has 0 heterocycles. The van der Waals surface area contributed by atoms with Crippen LogP contribution >= 0.6 is 21.6 Å². The number of unbranched alkanes of at least 4 members (excludes halogenated alkanes) is 30. The summed E-state index contributed by atoms with van der Waals surface area (Å²) in [6, 6.07) is 0. The first-order chi connectivity index (χ1) is 39.9. The smallest absolute Gasteiger partial charge is 0.0701 e. The van der Waals surface area contributed by atoms with E-state index in [4.69, 9.17) is 66.3 Å². The van der Waals surface area contributed by atoms with Gasteiger partial charge < -0.3 is 66.3 Å². The van der Waals surface area contributed by atoms with E-state index in [0.717, 1.165) is 37.6 Å². The molecule has 0 aliphatic rings. The van der Waals surface area contributed by atoms with Crippen LogP contribution in [0.25, 0.3) is 0 Å². The van der Waals surface area contributed by atoms with Crippen molar-refractivity contribution in [1.82, 2.24) is 0 Å². The topological polar surface area (TPSA) is 129 Å². The van der Waals surface area contributed by atoms with Crippen LogP contribution in [-0.4, -0.2) is 196 Å². The maximum Gasteiger partial charge on any atom is 0.0701 e. The molecule has 0 spiro atoms. The second-order valence-electron chi connectivity index (χ2n) is 20.8. The predicted octanol–water partition coefficient (Wildman–Crippen LogP) is 15.1. The summed E-state index contributed by atoms with van der Waals surface area (Å²) >= 11 is 0. The fourth-order valence-corrected chi connectivity index (χ4v) is 10.4. The molecule has 0 amide bonds.